The molecule has 4 rings (SSSR count). The molecule has 0 unspecified atom stereocenters. The smallest absolute Gasteiger partial charge is 0.224 e. The van der Waals surface area contributed by atoms with Crippen molar-refractivity contribution in [3.63, 3.8) is 0 Å². The lowest BCUT2D eigenvalue weighted by Crippen LogP contribution is -2.28. The molecular weight excluding hydrogens is 394 g/mol. The molecule has 0 saturated carbocycles. The number of phenols is 1. The first-order valence-corrected chi connectivity index (χ1v) is 10.4. The fourth-order valence-electron chi connectivity index (χ4n) is 3.79. The number of amides is 1. The second-order valence-electron chi connectivity index (χ2n) is 7.64. The third kappa shape index (κ3) is 5.21. The van der Waals surface area contributed by atoms with E-state index in [0.717, 1.165) is 54.6 Å². The second-order valence-corrected chi connectivity index (χ2v) is 7.64. The van der Waals surface area contributed by atoms with Crippen LogP contribution in [0.5, 0.6) is 11.5 Å². The molecular formula is C23H27N5O3. The molecule has 0 bridgehead atoms. The van der Waals surface area contributed by atoms with Gasteiger partial charge in [0.05, 0.1) is 20.1 Å². The summed E-state index contributed by atoms with van der Waals surface area (Å²) >= 11 is 0. The number of phenolic OH excluding ortho intramolecular Hbond substituents is 1. The summed E-state index contributed by atoms with van der Waals surface area (Å²) in [6, 6.07) is 15.0. The number of carbonyl (C=O) groups is 1. The van der Waals surface area contributed by atoms with Crippen molar-refractivity contribution < 1.29 is 14.6 Å². The molecule has 1 aliphatic heterocycles. The molecule has 1 aromatic heterocycles. The van der Waals surface area contributed by atoms with Gasteiger partial charge in [0.1, 0.15) is 17.3 Å². The van der Waals surface area contributed by atoms with Crippen LogP contribution in [-0.4, -0.2) is 50.9 Å². The van der Waals surface area contributed by atoms with E-state index in [2.05, 4.69) is 25.0 Å². The van der Waals surface area contributed by atoms with Crippen molar-refractivity contribution in [1.82, 2.24) is 25.0 Å². The zero-order valence-electron chi connectivity index (χ0n) is 17.6. The van der Waals surface area contributed by atoms with Gasteiger partial charge in [-0.15, -0.1) is 10.2 Å². The summed E-state index contributed by atoms with van der Waals surface area (Å²) in [4.78, 5) is 14.6. The maximum atomic E-state index is 12.3. The number of nitrogens with zero attached hydrogens (tertiary/aromatic N) is 4. The highest BCUT2D eigenvalue weighted by Gasteiger charge is 2.20. The van der Waals surface area contributed by atoms with Crippen LogP contribution in [-0.2, 0) is 37.3 Å². The molecule has 162 valence electrons. The van der Waals surface area contributed by atoms with Gasteiger partial charge < -0.3 is 19.7 Å². The molecule has 2 N–H and O–H groups in total. The van der Waals surface area contributed by atoms with Gasteiger partial charge in [-0.2, -0.15) is 0 Å². The minimum atomic E-state index is -0.0349. The van der Waals surface area contributed by atoms with Crippen molar-refractivity contribution in [2.24, 2.45) is 0 Å². The van der Waals surface area contributed by atoms with E-state index in [0.29, 0.717) is 19.5 Å². The van der Waals surface area contributed by atoms with Crippen LogP contribution >= 0.6 is 0 Å². The quantitative estimate of drug-likeness (QED) is 0.606. The molecule has 8 nitrogen and oxygen atoms in total. The summed E-state index contributed by atoms with van der Waals surface area (Å²) < 4.78 is 7.37. The number of aromatic hydroxyl groups is 1. The number of fused-ring (bicyclic) bond motifs is 1. The number of benzene rings is 2. The lowest BCUT2D eigenvalue weighted by atomic mass is 10.1. The number of rotatable bonds is 7. The minimum Gasteiger partial charge on any atom is -0.508 e. The summed E-state index contributed by atoms with van der Waals surface area (Å²) in [6.07, 6.45) is 1.11. The van der Waals surface area contributed by atoms with Gasteiger partial charge in [0.15, 0.2) is 5.82 Å². The number of methoxy groups -OCH3 is 1. The Balaban J connectivity index is 1.35. The summed E-state index contributed by atoms with van der Waals surface area (Å²) in [7, 11) is 1.62. The molecule has 31 heavy (non-hydrogen) atoms. The predicted octanol–water partition coefficient (Wildman–Crippen LogP) is 1.91. The Kier molecular flexibility index (Phi) is 6.47. The number of nitrogens with one attached hydrogen (secondary N) is 1. The molecule has 1 aliphatic rings. The first kappa shape index (κ1) is 20.9. The van der Waals surface area contributed by atoms with E-state index in [1.807, 2.05) is 36.4 Å². The molecule has 1 amide bonds. The van der Waals surface area contributed by atoms with E-state index < -0.39 is 0 Å². The van der Waals surface area contributed by atoms with E-state index in [-0.39, 0.29) is 11.7 Å². The van der Waals surface area contributed by atoms with Crippen LogP contribution in [0.25, 0.3) is 0 Å². The first-order valence-electron chi connectivity index (χ1n) is 10.4. The molecule has 0 spiro atoms. The minimum absolute atomic E-state index is 0.0349. The van der Waals surface area contributed by atoms with E-state index in [9.17, 15) is 9.90 Å². The van der Waals surface area contributed by atoms with E-state index >= 15 is 0 Å². The average molecular weight is 422 g/mol. The first-order chi connectivity index (χ1) is 15.1. The van der Waals surface area contributed by atoms with Crippen molar-refractivity contribution >= 4 is 5.91 Å². The van der Waals surface area contributed by atoms with Gasteiger partial charge in [-0.05, 0) is 23.8 Å². The Morgan fingerprint density at radius 1 is 1.13 bits per heavy atom. The lowest BCUT2D eigenvalue weighted by Gasteiger charge is -2.20. The van der Waals surface area contributed by atoms with Gasteiger partial charge in [-0.3, -0.25) is 9.69 Å². The van der Waals surface area contributed by atoms with Crippen LogP contribution in [0.2, 0.25) is 0 Å². The van der Waals surface area contributed by atoms with Crippen LogP contribution in [0.1, 0.15) is 22.8 Å². The van der Waals surface area contributed by atoms with Crippen molar-refractivity contribution in [3.8, 4) is 11.5 Å². The highest BCUT2D eigenvalue weighted by Crippen LogP contribution is 2.25. The Bertz CT molecular complexity index is 1030. The van der Waals surface area contributed by atoms with Gasteiger partial charge in [0.25, 0.3) is 0 Å². The Morgan fingerprint density at radius 2 is 1.97 bits per heavy atom. The molecule has 2 aromatic carbocycles. The number of aromatic nitrogens is 3. The third-order valence-corrected chi connectivity index (χ3v) is 5.53. The molecule has 0 saturated heterocycles. The van der Waals surface area contributed by atoms with Crippen molar-refractivity contribution in [1.29, 1.82) is 0 Å². The largest absolute Gasteiger partial charge is 0.508 e. The average Bonchev–Trinajstić information content (AvgIpc) is 3.06. The third-order valence-electron chi connectivity index (χ3n) is 5.53. The fraction of sp³-hybridized carbons (Fsp3) is 0.348. The summed E-state index contributed by atoms with van der Waals surface area (Å²) in [6.45, 7) is 3.33. The SMILES string of the molecule is COc1ccc(O)c(CN2CCc3nnc(CNC(=O)Cc4ccccc4)n3CC2)c1. The van der Waals surface area contributed by atoms with Gasteiger partial charge in [-0.1, -0.05) is 30.3 Å². The van der Waals surface area contributed by atoms with E-state index in [4.69, 9.17) is 4.74 Å². The van der Waals surface area contributed by atoms with Crippen molar-refractivity contribution in [3.05, 3.63) is 71.3 Å². The highest BCUT2D eigenvalue weighted by atomic mass is 16.5. The van der Waals surface area contributed by atoms with Gasteiger partial charge >= 0.3 is 0 Å². The van der Waals surface area contributed by atoms with Crippen molar-refractivity contribution in [2.75, 3.05) is 20.2 Å². The highest BCUT2D eigenvalue weighted by molar-refractivity contribution is 5.78. The molecule has 8 heteroatoms. The van der Waals surface area contributed by atoms with E-state index in [1.54, 1.807) is 19.2 Å². The summed E-state index contributed by atoms with van der Waals surface area (Å²) in [5, 5.41) is 21.8. The maximum absolute atomic E-state index is 12.3. The normalized spacial score (nSPS) is 14.0. The zero-order valence-corrected chi connectivity index (χ0v) is 17.6. The summed E-state index contributed by atoms with van der Waals surface area (Å²) in [5.41, 5.74) is 1.82. The van der Waals surface area contributed by atoms with Crippen LogP contribution in [0.15, 0.2) is 48.5 Å². The predicted molar refractivity (Wildman–Crippen MR) is 116 cm³/mol. The van der Waals surface area contributed by atoms with Crippen molar-refractivity contribution in [2.45, 2.75) is 32.5 Å². The van der Waals surface area contributed by atoms with Gasteiger partial charge in [0.2, 0.25) is 5.91 Å². The van der Waals surface area contributed by atoms with Crippen LogP contribution < -0.4 is 10.1 Å². The lowest BCUT2D eigenvalue weighted by molar-refractivity contribution is -0.120. The number of hydrogen-bond donors (Lipinski definition) is 2. The molecule has 0 aliphatic carbocycles. The Hall–Kier alpha value is -3.39. The maximum Gasteiger partial charge on any atom is 0.224 e. The number of carbonyl (C=O) groups excluding carboxylic acids is 1. The topological polar surface area (TPSA) is 92.5 Å². The van der Waals surface area contributed by atoms with Crippen LogP contribution in [0.3, 0.4) is 0 Å². The van der Waals surface area contributed by atoms with Crippen LogP contribution in [0.4, 0.5) is 0 Å². The fourth-order valence-corrected chi connectivity index (χ4v) is 3.79. The monoisotopic (exact) mass is 421 g/mol. The molecule has 0 radical (unpaired) electrons. The van der Waals surface area contributed by atoms with Gasteiger partial charge in [0, 0.05) is 38.2 Å². The Labute approximate surface area is 181 Å². The van der Waals surface area contributed by atoms with Crippen LogP contribution in [0, 0.1) is 0 Å². The van der Waals surface area contributed by atoms with Gasteiger partial charge in [-0.25, -0.2) is 0 Å². The molecule has 0 atom stereocenters. The Morgan fingerprint density at radius 3 is 2.77 bits per heavy atom. The molecule has 2 heterocycles. The summed E-state index contributed by atoms with van der Waals surface area (Å²) in [5.74, 6) is 2.65. The number of ether oxygens (including phenoxy) is 1. The standard InChI is InChI=1S/C23H27N5O3/c1-31-19-7-8-20(29)18(14-19)16-27-10-9-21-25-26-22(28(21)12-11-27)15-24-23(30)13-17-5-3-2-4-6-17/h2-8,14,29H,9-13,15-16H2,1H3,(H,24,30). The molecule has 0 fully saturated rings. The zero-order chi connectivity index (χ0) is 21.6. The van der Waals surface area contributed by atoms with E-state index in [1.165, 1.54) is 0 Å². The second kappa shape index (κ2) is 9.61. The molecule has 3 aromatic rings. The number of hydrogen-bond acceptors (Lipinski definition) is 6.